The van der Waals surface area contributed by atoms with E-state index in [9.17, 15) is 4.79 Å². The highest BCUT2D eigenvalue weighted by molar-refractivity contribution is 5.96. The molecule has 1 N–H and O–H groups in total. The van der Waals surface area contributed by atoms with E-state index >= 15 is 0 Å². The van der Waals surface area contributed by atoms with Gasteiger partial charge in [0.05, 0.1) is 5.69 Å². The van der Waals surface area contributed by atoms with Crippen LogP contribution in [-0.2, 0) is 0 Å². The van der Waals surface area contributed by atoms with Crippen molar-refractivity contribution in [2.24, 2.45) is 5.92 Å². The summed E-state index contributed by atoms with van der Waals surface area (Å²) in [7, 11) is 0. The van der Waals surface area contributed by atoms with Crippen molar-refractivity contribution in [1.82, 2.24) is 30.3 Å². The molecule has 1 aliphatic heterocycles. The van der Waals surface area contributed by atoms with Crippen LogP contribution in [0.2, 0.25) is 0 Å². The van der Waals surface area contributed by atoms with Crippen LogP contribution in [0.1, 0.15) is 52.8 Å². The number of carbonyl (C=O) groups excluding carboxylic acids is 1. The highest BCUT2D eigenvalue weighted by Gasteiger charge is 2.30. The summed E-state index contributed by atoms with van der Waals surface area (Å²) in [5, 5.41) is 20.2. The van der Waals surface area contributed by atoms with Crippen LogP contribution in [0.15, 0.2) is 16.7 Å². The highest BCUT2D eigenvalue weighted by atomic mass is 16.5. The maximum atomic E-state index is 12.3. The average molecular weight is 381 g/mol. The number of nitrogens with zero attached hydrogens (tertiary/aromatic N) is 6. The quantitative estimate of drug-likeness (QED) is 0.720. The van der Waals surface area contributed by atoms with Gasteiger partial charge in [-0.05, 0) is 38.8 Å². The predicted molar refractivity (Wildman–Crippen MR) is 101 cm³/mol. The second kappa shape index (κ2) is 6.57. The smallest absolute Gasteiger partial charge is 0.256 e. The van der Waals surface area contributed by atoms with Crippen LogP contribution in [0.25, 0.3) is 5.65 Å². The molecule has 0 unspecified atom stereocenters. The van der Waals surface area contributed by atoms with Crippen LogP contribution < -0.4 is 10.2 Å². The summed E-state index contributed by atoms with van der Waals surface area (Å²) in [6, 6.07) is 3.97. The first-order valence-electron chi connectivity index (χ1n) is 9.78. The van der Waals surface area contributed by atoms with Crippen LogP contribution in [0.3, 0.4) is 0 Å². The van der Waals surface area contributed by atoms with Gasteiger partial charge in [0, 0.05) is 31.5 Å². The van der Waals surface area contributed by atoms with Crippen LogP contribution in [-0.4, -0.2) is 50.5 Å². The van der Waals surface area contributed by atoms with E-state index in [0.29, 0.717) is 35.4 Å². The molecule has 28 heavy (non-hydrogen) atoms. The Morgan fingerprint density at radius 1 is 1.25 bits per heavy atom. The van der Waals surface area contributed by atoms with Crippen molar-refractivity contribution in [1.29, 1.82) is 0 Å². The Balaban J connectivity index is 1.20. The van der Waals surface area contributed by atoms with Crippen molar-refractivity contribution < 1.29 is 9.32 Å². The summed E-state index contributed by atoms with van der Waals surface area (Å²) in [5.41, 5.74) is 1.97. The molecule has 3 aromatic rings. The van der Waals surface area contributed by atoms with Crippen LogP contribution >= 0.6 is 0 Å². The molecule has 0 bridgehead atoms. The summed E-state index contributed by atoms with van der Waals surface area (Å²) >= 11 is 0. The van der Waals surface area contributed by atoms with Crippen molar-refractivity contribution in [3.05, 3.63) is 35.0 Å². The number of rotatable bonds is 5. The van der Waals surface area contributed by atoms with Crippen molar-refractivity contribution >= 4 is 17.4 Å². The Morgan fingerprint density at radius 2 is 2.07 bits per heavy atom. The number of amides is 1. The molecule has 9 nitrogen and oxygen atoms in total. The maximum absolute atomic E-state index is 12.3. The maximum Gasteiger partial charge on any atom is 0.256 e. The summed E-state index contributed by atoms with van der Waals surface area (Å²) in [4.78, 5) is 14.6. The number of nitrogens with one attached hydrogen (secondary N) is 1. The topological polar surface area (TPSA) is 101 Å². The first-order chi connectivity index (χ1) is 13.6. The van der Waals surface area contributed by atoms with E-state index in [-0.39, 0.29) is 5.91 Å². The van der Waals surface area contributed by atoms with Crippen molar-refractivity contribution in [2.75, 3.05) is 24.5 Å². The fourth-order valence-corrected chi connectivity index (χ4v) is 3.90. The van der Waals surface area contributed by atoms with Gasteiger partial charge in [-0.15, -0.1) is 15.3 Å². The number of fused-ring (bicyclic) bond motifs is 1. The normalized spacial score (nSPS) is 17.6. The Morgan fingerprint density at radius 3 is 2.75 bits per heavy atom. The lowest BCUT2D eigenvalue weighted by Crippen LogP contribution is -2.52. The van der Waals surface area contributed by atoms with Gasteiger partial charge in [-0.25, -0.2) is 0 Å². The first-order valence-corrected chi connectivity index (χ1v) is 9.78. The van der Waals surface area contributed by atoms with Gasteiger partial charge in [0.25, 0.3) is 5.91 Å². The predicted octanol–water partition coefficient (Wildman–Crippen LogP) is 1.86. The second-order valence-corrected chi connectivity index (χ2v) is 7.83. The zero-order valence-corrected chi connectivity index (χ0v) is 16.1. The standard InChI is InChI=1S/C19H23N7O2/c1-11-17(12(2)28-24-11)19(27)20-8-13-9-25(10-13)16-7-6-15-21-22-18(26(15)23-16)14-4-3-5-14/h6-7,13-14H,3-5,8-10H2,1-2H3,(H,20,27). The summed E-state index contributed by atoms with van der Waals surface area (Å²) in [6.45, 7) is 5.88. The summed E-state index contributed by atoms with van der Waals surface area (Å²) in [5.74, 6) is 3.23. The Bertz CT molecular complexity index is 1010. The Kier molecular flexibility index (Phi) is 4.03. The molecular weight excluding hydrogens is 358 g/mol. The highest BCUT2D eigenvalue weighted by Crippen LogP contribution is 2.35. The van der Waals surface area contributed by atoms with Gasteiger partial charge in [-0.1, -0.05) is 11.6 Å². The molecule has 0 atom stereocenters. The summed E-state index contributed by atoms with van der Waals surface area (Å²) < 4.78 is 6.96. The Hall–Kier alpha value is -2.97. The third-order valence-electron chi connectivity index (χ3n) is 5.84. The third-order valence-corrected chi connectivity index (χ3v) is 5.84. The number of hydrogen-bond acceptors (Lipinski definition) is 7. The molecule has 9 heteroatoms. The molecule has 1 amide bonds. The van der Waals surface area contributed by atoms with E-state index in [0.717, 1.165) is 30.4 Å². The average Bonchev–Trinajstić information content (AvgIpc) is 3.15. The molecule has 2 fully saturated rings. The van der Waals surface area contributed by atoms with Crippen molar-refractivity contribution in [2.45, 2.75) is 39.0 Å². The molecule has 2 aliphatic rings. The van der Waals surface area contributed by atoms with E-state index in [4.69, 9.17) is 9.62 Å². The van der Waals surface area contributed by atoms with Gasteiger partial charge in [-0.2, -0.15) is 4.52 Å². The molecule has 1 saturated carbocycles. The van der Waals surface area contributed by atoms with Crippen LogP contribution in [0, 0.1) is 19.8 Å². The lowest BCUT2D eigenvalue weighted by molar-refractivity contribution is 0.0942. The SMILES string of the molecule is Cc1noc(C)c1C(=O)NCC1CN(c2ccc3nnc(C4CCC4)n3n2)C1. The van der Waals surface area contributed by atoms with Crippen LogP contribution in [0.4, 0.5) is 5.82 Å². The molecule has 0 spiro atoms. The molecule has 0 radical (unpaired) electrons. The minimum atomic E-state index is -0.121. The molecular formula is C19H23N7O2. The Labute approximate surface area is 162 Å². The third kappa shape index (κ3) is 2.81. The molecule has 1 aliphatic carbocycles. The fourth-order valence-electron chi connectivity index (χ4n) is 3.90. The van der Waals surface area contributed by atoms with Gasteiger partial charge in [-0.3, -0.25) is 4.79 Å². The monoisotopic (exact) mass is 381 g/mol. The van der Waals surface area contributed by atoms with Gasteiger partial charge in [0.15, 0.2) is 11.5 Å². The molecule has 4 heterocycles. The zero-order chi connectivity index (χ0) is 19.3. The number of carbonyl (C=O) groups is 1. The van der Waals surface area contributed by atoms with Gasteiger partial charge in [0.1, 0.15) is 17.1 Å². The van der Waals surface area contributed by atoms with Gasteiger partial charge < -0.3 is 14.7 Å². The number of anilines is 1. The van der Waals surface area contributed by atoms with E-state index < -0.39 is 0 Å². The van der Waals surface area contributed by atoms with E-state index in [1.165, 1.54) is 19.3 Å². The van der Waals surface area contributed by atoms with Gasteiger partial charge >= 0.3 is 0 Å². The first kappa shape index (κ1) is 17.2. The lowest BCUT2D eigenvalue weighted by Gasteiger charge is -2.40. The van der Waals surface area contributed by atoms with E-state index in [1.54, 1.807) is 13.8 Å². The molecule has 5 rings (SSSR count). The molecule has 146 valence electrons. The van der Waals surface area contributed by atoms with E-state index in [2.05, 4.69) is 25.6 Å². The second-order valence-electron chi connectivity index (χ2n) is 7.83. The molecule has 3 aromatic heterocycles. The number of hydrogen-bond donors (Lipinski definition) is 1. The number of aromatic nitrogens is 5. The molecule has 1 saturated heterocycles. The van der Waals surface area contributed by atoms with Gasteiger partial charge in [0.2, 0.25) is 0 Å². The minimum absolute atomic E-state index is 0.121. The lowest BCUT2D eigenvalue weighted by atomic mass is 9.85. The summed E-state index contributed by atoms with van der Waals surface area (Å²) in [6.07, 6.45) is 3.60. The minimum Gasteiger partial charge on any atom is -0.361 e. The fraction of sp³-hybridized carbons (Fsp3) is 0.526. The van der Waals surface area contributed by atoms with E-state index in [1.807, 2.05) is 16.6 Å². The number of aryl methyl sites for hydroxylation is 2. The van der Waals surface area contributed by atoms with Crippen LogP contribution in [0.5, 0.6) is 0 Å². The largest absolute Gasteiger partial charge is 0.361 e. The zero-order valence-electron chi connectivity index (χ0n) is 16.1. The molecule has 0 aromatic carbocycles. The van der Waals surface area contributed by atoms with Crippen molar-refractivity contribution in [3.63, 3.8) is 0 Å². The van der Waals surface area contributed by atoms with Crippen molar-refractivity contribution in [3.8, 4) is 0 Å².